The van der Waals surface area contributed by atoms with Crippen molar-refractivity contribution in [1.29, 1.82) is 0 Å². The van der Waals surface area contributed by atoms with Gasteiger partial charge in [-0.3, -0.25) is 9.59 Å². The van der Waals surface area contributed by atoms with E-state index in [2.05, 4.69) is 21.2 Å². The summed E-state index contributed by atoms with van der Waals surface area (Å²) in [7, 11) is 0. The van der Waals surface area contributed by atoms with Crippen molar-refractivity contribution in [3.05, 3.63) is 33.3 Å². The first kappa shape index (κ1) is 16.0. The Kier molecular flexibility index (Phi) is 6.31. The summed E-state index contributed by atoms with van der Waals surface area (Å²) in [6, 6.07) is 4.88. The summed E-state index contributed by atoms with van der Waals surface area (Å²) in [6.45, 7) is 1.85. The highest BCUT2D eigenvalue weighted by molar-refractivity contribution is 9.10. The van der Waals surface area contributed by atoms with E-state index in [9.17, 15) is 9.59 Å². The third-order valence-corrected chi connectivity index (χ3v) is 3.47. The smallest absolute Gasteiger partial charge is 0.303 e. The summed E-state index contributed by atoms with van der Waals surface area (Å²) in [5.74, 6) is -1.02. The number of carboxylic acids is 1. The first-order chi connectivity index (χ1) is 8.90. The predicted octanol–water partition coefficient (Wildman–Crippen LogP) is 3.48. The van der Waals surface area contributed by atoms with Gasteiger partial charge in [0, 0.05) is 22.0 Å². The lowest BCUT2D eigenvalue weighted by atomic mass is 10.1. The molecular weight excluding hydrogens is 334 g/mol. The first-order valence-electron chi connectivity index (χ1n) is 5.88. The second-order valence-electron chi connectivity index (χ2n) is 4.28. The Morgan fingerprint density at radius 2 is 2.16 bits per heavy atom. The van der Waals surface area contributed by atoms with Crippen LogP contribution >= 0.6 is 27.5 Å². The van der Waals surface area contributed by atoms with Gasteiger partial charge in [-0.15, -0.1) is 0 Å². The van der Waals surface area contributed by atoms with Crippen LogP contribution in [0.5, 0.6) is 0 Å². The quantitative estimate of drug-likeness (QED) is 0.827. The van der Waals surface area contributed by atoms with Crippen molar-refractivity contribution in [2.45, 2.75) is 32.2 Å². The highest BCUT2D eigenvalue weighted by Gasteiger charge is 2.13. The van der Waals surface area contributed by atoms with Crippen molar-refractivity contribution in [2.75, 3.05) is 0 Å². The van der Waals surface area contributed by atoms with Crippen molar-refractivity contribution in [1.82, 2.24) is 5.32 Å². The topological polar surface area (TPSA) is 66.4 Å². The van der Waals surface area contributed by atoms with Gasteiger partial charge in [0.2, 0.25) is 0 Å². The maximum absolute atomic E-state index is 12.0. The Labute approximate surface area is 125 Å². The van der Waals surface area contributed by atoms with Gasteiger partial charge in [-0.2, -0.15) is 0 Å². The molecule has 0 heterocycles. The van der Waals surface area contributed by atoms with E-state index in [1.807, 2.05) is 6.92 Å². The summed E-state index contributed by atoms with van der Waals surface area (Å²) in [4.78, 5) is 22.4. The number of carboxylic acid groups (broad SMARTS) is 1. The minimum Gasteiger partial charge on any atom is -0.481 e. The van der Waals surface area contributed by atoms with Crippen LogP contribution in [0.3, 0.4) is 0 Å². The number of carbonyl (C=O) groups excluding carboxylic acids is 1. The average Bonchev–Trinajstić information content (AvgIpc) is 2.27. The zero-order valence-corrected chi connectivity index (χ0v) is 12.8. The number of nitrogens with one attached hydrogen (secondary N) is 1. The van der Waals surface area contributed by atoms with Crippen molar-refractivity contribution in [3.8, 4) is 0 Å². The molecule has 0 spiro atoms. The molecule has 1 rings (SSSR count). The molecule has 1 amide bonds. The fraction of sp³-hybridized carbons (Fsp3) is 0.385. The van der Waals surface area contributed by atoms with Crippen molar-refractivity contribution in [2.24, 2.45) is 0 Å². The van der Waals surface area contributed by atoms with Gasteiger partial charge in [0.25, 0.3) is 5.91 Å². The number of carbonyl (C=O) groups is 2. The molecule has 1 aromatic carbocycles. The third-order valence-electron chi connectivity index (χ3n) is 2.58. The molecule has 0 saturated heterocycles. The Hall–Kier alpha value is -1.07. The molecule has 0 aliphatic rings. The number of benzene rings is 1. The molecule has 0 radical (unpaired) electrons. The van der Waals surface area contributed by atoms with Gasteiger partial charge in [-0.05, 0) is 53.9 Å². The molecule has 1 aromatic rings. The Balaban J connectivity index is 2.52. The van der Waals surface area contributed by atoms with Crippen LogP contribution in [0.25, 0.3) is 0 Å². The summed E-state index contributed by atoms with van der Waals surface area (Å²) in [5, 5.41) is 11.9. The zero-order valence-electron chi connectivity index (χ0n) is 10.5. The van der Waals surface area contributed by atoms with Gasteiger partial charge in [0.15, 0.2) is 0 Å². The van der Waals surface area contributed by atoms with Crippen LogP contribution in [0.15, 0.2) is 22.7 Å². The van der Waals surface area contributed by atoms with E-state index in [1.54, 1.807) is 18.2 Å². The van der Waals surface area contributed by atoms with E-state index < -0.39 is 5.97 Å². The average molecular weight is 349 g/mol. The van der Waals surface area contributed by atoms with Gasteiger partial charge in [0.1, 0.15) is 0 Å². The molecule has 2 N–H and O–H groups in total. The van der Waals surface area contributed by atoms with E-state index in [1.165, 1.54) is 0 Å². The Morgan fingerprint density at radius 3 is 2.74 bits per heavy atom. The van der Waals surface area contributed by atoms with Crippen LogP contribution in [0, 0.1) is 0 Å². The van der Waals surface area contributed by atoms with E-state index in [0.717, 1.165) is 0 Å². The molecule has 0 saturated carbocycles. The van der Waals surface area contributed by atoms with Crippen molar-refractivity contribution in [3.63, 3.8) is 0 Å². The van der Waals surface area contributed by atoms with E-state index in [4.69, 9.17) is 16.7 Å². The molecule has 4 nitrogen and oxygen atoms in total. The maximum Gasteiger partial charge on any atom is 0.303 e. The predicted molar refractivity (Wildman–Crippen MR) is 77.6 cm³/mol. The molecule has 1 unspecified atom stereocenters. The maximum atomic E-state index is 12.0. The SMILES string of the molecule is CC(CCCC(=O)O)NC(=O)c1ccc(Cl)cc1Br. The number of rotatable bonds is 6. The second kappa shape index (κ2) is 7.50. The fourth-order valence-corrected chi connectivity index (χ4v) is 2.47. The van der Waals surface area contributed by atoms with Crippen LogP contribution in [0.2, 0.25) is 5.02 Å². The fourth-order valence-electron chi connectivity index (χ4n) is 1.61. The van der Waals surface area contributed by atoms with Gasteiger partial charge < -0.3 is 10.4 Å². The summed E-state index contributed by atoms with van der Waals surface area (Å²) in [6.07, 6.45) is 1.28. The molecule has 19 heavy (non-hydrogen) atoms. The second-order valence-corrected chi connectivity index (χ2v) is 5.58. The van der Waals surface area contributed by atoms with Crippen molar-refractivity contribution < 1.29 is 14.7 Å². The van der Waals surface area contributed by atoms with E-state index >= 15 is 0 Å². The molecule has 0 aromatic heterocycles. The third kappa shape index (κ3) is 5.61. The molecule has 0 aliphatic heterocycles. The molecule has 0 bridgehead atoms. The van der Waals surface area contributed by atoms with Crippen LogP contribution in [-0.2, 0) is 4.79 Å². The molecule has 0 aliphatic carbocycles. The monoisotopic (exact) mass is 347 g/mol. The molecule has 104 valence electrons. The van der Waals surface area contributed by atoms with Crippen molar-refractivity contribution >= 4 is 39.4 Å². The molecular formula is C13H15BrClNO3. The molecule has 0 fully saturated rings. The highest BCUT2D eigenvalue weighted by Crippen LogP contribution is 2.21. The van der Waals surface area contributed by atoms with E-state index in [-0.39, 0.29) is 18.4 Å². The van der Waals surface area contributed by atoms with Gasteiger partial charge in [-0.1, -0.05) is 11.6 Å². The Bertz CT molecular complexity index is 479. The number of halogens is 2. The Morgan fingerprint density at radius 1 is 1.47 bits per heavy atom. The summed E-state index contributed by atoms with van der Waals surface area (Å²) in [5.41, 5.74) is 0.509. The molecule has 1 atom stereocenters. The normalized spacial score (nSPS) is 11.9. The number of aliphatic carboxylic acids is 1. The van der Waals surface area contributed by atoms with Crippen LogP contribution in [-0.4, -0.2) is 23.0 Å². The van der Waals surface area contributed by atoms with Crippen LogP contribution < -0.4 is 5.32 Å². The standard InChI is InChI=1S/C13H15BrClNO3/c1-8(3-2-4-12(17)18)16-13(19)10-6-5-9(15)7-11(10)14/h5-8H,2-4H2,1H3,(H,16,19)(H,17,18). The minimum absolute atomic E-state index is 0.0746. The lowest BCUT2D eigenvalue weighted by molar-refractivity contribution is -0.137. The lowest BCUT2D eigenvalue weighted by Gasteiger charge is -2.14. The van der Waals surface area contributed by atoms with Crippen LogP contribution in [0.1, 0.15) is 36.5 Å². The zero-order chi connectivity index (χ0) is 14.4. The van der Waals surface area contributed by atoms with Gasteiger partial charge in [-0.25, -0.2) is 0 Å². The van der Waals surface area contributed by atoms with Gasteiger partial charge in [0.05, 0.1) is 5.56 Å². The summed E-state index contributed by atoms with van der Waals surface area (Å²) >= 11 is 9.09. The lowest BCUT2D eigenvalue weighted by Crippen LogP contribution is -2.32. The first-order valence-corrected chi connectivity index (χ1v) is 7.05. The summed E-state index contributed by atoms with van der Waals surface area (Å²) < 4.78 is 0.634. The number of amides is 1. The highest BCUT2D eigenvalue weighted by atomic mass is 79.9. The van der Waals surface area contributed by atoms with Crippen LogP contribution in [0.4, 0.5) is 0 Å². The van der Waals surface area contributed by atoms with E-state index in [0.29, 0.717) is 27.9 Å². The number of hydrogen-bond acceptors (Lipinski definition) is 2. The van der Waals surface area contributed by atoms with Gasteiger partial charge >= 0.3 is 5.97 Å². The number of hydrogen-bond donors (Lipinski definition) is 2. The minimum atomic E-state index is -0.820. The molecule has 6 heteroatoms. The largest absolute Gasteiger partial charge is 0.481 e.